The van der Waals surface area contributed by atoms with Crippen molar-refractivity contribution in [2.24, 2.45) is 23.5 Å². The van der Waals surface area contributed by atoms with Gasteiger partial charge in [0.15, 0.2) is 0 Å². The molecule has 0 saturated heterocycles. The van der Waals surface area contributed by atoms with Crippen LogP contribution in [0.3, 0.4) is 0 Å². The highest BCUT2D eigenvalue weighted by Gasteiger charge is 2.32. The van der Waals surface area contributed by atoms with Crippen LogP contribution in [0, 0.1) is 17.8 Å². The molecule has 1 aliphatic rings. The molecular formula is C10H22N2. The minimum atomic E-state index is 0.512. The largest absolute Gasteiger partial charge is 0.329 e. The van der Waals surface area contributed by atoms with Crippen LogP contribution in [-0.2, 0) is 0 Å². The van der Waals surface area contributed by atoms with E-state index in [9.17, 15) is 0 Å². The van der Waals surface area contributed by atoms with Crippen LogP contribution in [0.4, 0.5) is 0 Å². The smallest absolute Gasteiger partial charge is 0.0213 e. The fraction of sp³-hybridized carbons (Fsp3) is 1.00. The Bertz CT molecular complexity index is 134. The average Bonchev–Trinajstić information content (AvgIpc) is 2.67. The zero-order chi connectivity index (χ0) is 9.14. The molecule has 0 radical (unpaired) electrons. The van der Waals surface area contributed by atoms with Crippen LogP contribution in [0.2, 0.25) is 0 Å². The van der Waals surface area contributed by atoms with E-state index in [0.29, 0.717) is 12.0 Å². The highest BCUT2D eigenvalue weighted by atomic mass is 14.9. The third kappa shape index (κ3) is 2.76. The Balaban J connectivity index is 2.11. The Hall–Kier alpha value is -0.0800. The number of rotatable bonds is 5. The van der Waals surface area contributed by atoms with Gasteiger partial charge in [-0.05, 0) is 30.7 Å². The lowest BCUT2D eigenvalue weighted by molar-refractivity contribution is 0.396. The van der Waals surface area contributed by atoms with Gasteiger partial charge < -0.3 is 11.1 Å². The molecule has 3 unspecified atom stereocenters. The summed E-state index contributed by atoms with van der Waals surface area (Å²) in [6.07, 6.45) is 1.41. The number of hydrogen-bond acceptors (Lipinski definition) is 2. The van der Waals surface area contributed by atoms with Crippen molar-refractivity contribution >= 4 is 0 Å². The van der Waals surface area contributed by atoms with Crippen molar-refractivity contribution < 1.29 is 0 Å². The Morgan fingerprint density at radius 1 is 1.50 bits per heavy atom. The highest BCUT2D eigenvalue weighted by molar-refractivity contribution is 4.85. The van der Waals surface area contributed by atoms with Crippen LogP contribution in [0.1, 0.15) is 27.2 Å². The van der Waals surface area contributed by atoms with Crippen LogP contribution < -0.4 is 11.1 Å². The molecule has 2 nitrogen and oxygen atoms in total. The second kappa shape index (κ2) is 4.24. The lowest BCUT2D eigenvalue weighted by atomic mass is 10.0. The van der Waals surface area contributed by atoms with E-state index >= 15 is 0 Å². The molecule has 0 aromatic carbocycles. The van der Waals surface area contributed by atoms with Crippen LogP contribution in [-0.4, -0.2) is 19.1 Å². The van der Waals surface area contributed by atoms with E-state index in [0.717, 1.165) is 18.4 Å². The maximum atomic E-state index is 5.65. The predicted octanol–water partition coefficient (Wildman–Crippen LogP) is 1.22. The van der Waals surface area contributed by atoms with Gasteiger partial charge in [-0.1, -0.05) is 20.8 Å². The van der Waals surface area contributed by atoms with Gasteiger partial charge in [-0.2, -0.15) is 0 Å². The zero-order valence-corrected chi connectivity index (χ0v) is 8.51. The molecule has 0 aliphatic heterocycles. The Morgan fingerprint density at radius 2 is 2.08 bits per heavy atom. The summed E-state index contributed by atoms with van der Waals surface area (Å²) in [7, 11) is 0. The molecule has 1 saturated carbocycles. The number of nitrogens with two attached hydrogens (primary N) is 1. The van der Waals surface area contributed by atoms with E-state index in [-0.39, 0.29) is 0 Å². The summed E-state index contributed by atoms with van der Waals surface area (Å²) in [4.78, 5) is 0. The van der Waals surface area contributed by atoms with Crippen LogP contribution in [0.25, 0.3) is 0 Å². The molecule has 12 heavy (non-hydrogen) atoms. The first-order valence-electron chi connectivity index (χ1n) is 5.08. The zero-order valence-electron chi connectivity index (χ0n) is 8.51. The lowest BCUT2D eigenvalue weighted by Crippen LogP contribution is -2.41. The van der Waals surface area contributed by atoms with E-state index in [4.69, 9.17) is 5.73 Å². The third-order valence-corrected chi connectivity index (χ3v) is 2.98. The summed E-state index contributed by atoms with van der Waals surface area (Å²) in [5.74, 6) is 2.53. The van der Waals surface area contributed by atoms with Gasteiger partial charge in [-0.25, -0.2) is 0 Å². The molecule has 0 aromatic rings. The molecular weight excluding hydrogens is 148 g/mol. The Kier molecular flexibility index (Phi) is 3.53. The first-order chi connectivity index (χ1) is 5.65. The highest BCUT2D eigenvalue weighted by Crippen LogP contribution is 2.36. The van der Waals surface area contributed by atoms with Crippen molar-refractivity contribution in [3.05, 3.63) is 0 Å². The van der Waals surface area contributed by atoms with Gasteiger partial charge in [0.2, 0.25) is 0 Å². The summed E-state index contributed by atoms with van der Waals surface area (Å²) in [5.41, 5.74) is 5.65. The lowest BCUT2D eigenvalue weighted by Gasteiger charge is -2.20. The molecule has 0 aromatic heterocycles. The van der Waals surface area contributed by atoms with Crippen molar-refractivity contribution in [2.45, 2.75) is 33.2 Å². The fourth-order valence-electron chi connectivity index (χ4n) is 1.58. The van der Waals surface area contributed by atoms with Crippen LogP contribution in [0.5, 0.6) is 0 Å². The van der Waals surface area contributed by atoms with Gasteiger partial charge in [-0.15, -0.1) is 0 Å². The third-order valence-electron chi connectivity index (χ3n) is 2.98. The van der Waals surface area contributed by atoms with E-state index in [1.165, 1.54) is 13.0 Å². The average molecular weight is 170 g/mol. The van der Waals surface area contributed by atoms with Crippen molar-refractivity contribution in [3.63, 3.8) is 0 Å². The van der Waals surface area contributed by atoms with Gasteiger partial charge in [0.1, 0.15) is 0 Å². The molecule has 1 aliphatic carbocycles. The summed E-state index contributed by atoms with van der Waals surface area (Å²) >= 11 is 0. The Labute approximate surface area is 75.9 Å². The van der Waals surface area contributed by atoms with E-state index in [1.54, 1.807) is 0 Å². The minimum Gasteiger partial charge on any atom is -0.329 e. The number of nitrogens with one attached hydrogen (secondary N) is 1. The summed E-state index contributed by atoms with van der Waals surface area (Å²) in [6.45, 7) is 8.70. The van der Waals surface area contributed by atoms with Crippen molar-refractivity contribution in [1.82, 2.24) is 5.32 Å². The second-order valence-electron chi connectivity index (χ2n) is 4.47. The van der Waals surface area contributed by atoms with Gasteiger partial charge in [0.05, 0.1) is 0 Å². The van der Waals surface area contributed by atoms with Crippen LogP contribution >= 0.6 is 0 Å². The summed E-state index contributed by atoms with van der Waals surface area (Å²) in [6, 6.07) is 0.512. The first kappa shape index (κ1) is 10.0. The van der Waals surface area contributed by atoms with Crippen molar-refractivity contribution in [1.29, 1.82) is 0 Å². The van der Waals surface area contributed by atoms with E-state index < -0.39 is 0 Å². The van der Waals surface area contributed by atoms with Crippen molar-refractivity contribution in [3.8, 4) is 0 Å². The summed E-state index contributed by atoms with van der Waals surface area (Å²) < 4.78 is 0. The normalized spacial score (nSPS) is 30.8. The van der Waals surface area contributed by atoms with Gasteiger partial charge in [0.25, 0.3) is 0 Å². The molecule has 0 heterocycles. The molecule has 0 amide bonds. The molecule has 3 atom stereocenters. The maximum absolute atomic E-state index is 5.65. The predicted molar refractivity (Wildman–Crippen MR) is 53.0 cm³/mol. The summed E-state index contributed by atoms with van der Waals surface area (Å²) in [5, 5.41) is 3.54. The van der Waals surface area contributed by atoms with Gasteiger partial charge in [0, 0.05) is 12.6 Å². The molecule has 0 bridgehead atoms. The molecule has 2 heteroatoms. The van der Waals surface area contributed by atoms with Crippen molar-refractivity contribution in [2.75, 3.05) is 13.1 Å². The van der Waals surface area contributed by atoms with Crippen LogP contribution in [0.15, 0.2) is 0 Å². The molecule has 3 N–H and O–H groups in total. The Morgan fingerprint density at radius 3 is 2.42 bits per heavy atom. The second-order valence-corrected chi connectivity index (χ2v) is 4.47. The molecule has 0 spiro atoms. The maximum Gasteiger partial charge on any atom is 0.0213 e. The number of hydrogen-bond donors (Lipinski definition) is 2. The van der Waals surface area contributed by atoms with E-state index in [2.05, 4.69) is 26.1 Å². The first-order valence-corrected chi connectivity index (χ1v) is 5.08. The standard InChI is InChI=1S/C10H22N2/c1-7(2)10(5-11)12-6-9-4-8(9)3/h7-10,12H,4-6,11H2,1-3H3. The van der Waals surface area contributed by atoms with Gasteiger partial charge >= 0.3 is 0 Å². The van der Waals surface area contributed by atoms with E-state index in [1.807, 2.05) is 0 Å². The minimum absolute atomic E-state index is 0.512. The van der Waals surface area contributed by atoms with Gasteiger partial charge in [-0.3, -0.25) is 0 Å². The molecule has 72 valence electrons. The SMILES string of the molecule is CC(C)C(CN)NCC1CC1C. The molecule has 1 rings (SSSR count). The topological polar surface area (TPSA) is 38.0 Å². The monoisotopic (exact) mass is 170 g/mol. The quantitative estimate of drug-likeness (QED) is 0.651. The fourth-order valence-corrected chi connectivity index (χ4v) is 1.58. The molecule has 1 fully saturated rings.